The zero-order valence-corrected chi connectivity index (χ0v) is 13.5. The fraction of sp³-hybridized carbons (Fsp3) is 0.412. The van der Waals surface area contributed by atoms with Crippen LogP contribution < -0.4 is 10.6 Å². The summed E-state index contributed by atoms with van der Waals surface area (Å²) in [6, 6.07) is 7.61. The first-order chi connectivity index (χ1) is 11.0. The zero-order valence-electron chi connectivity index (χ0n) is 13.5. The second kappa shape index (κ2) is 6.52. The van der Waals surface area contributed by atoms with Crippen LogP contribution in [-0.4, -0.2) is 60.9 Å². The number of benzene rings is 1. The van der Waals surface area contributed by atoms with Gasteiger partial charge in [0.05, 0.1) is 16.9 Å². The van der Waals surface area contributed by atoms with Gasteiger partial charge in [0, 0.05) is 26.2 Å². The number of piperazine rings is 1. The van der Waals surface area contributed by atoms with Gasteiger partial charge in [0.1, 0.15) is 6.17 Å². The van der Waals surface area contributed by atoms with Crippen molar-refractivity contribution in [1.29, 1.82) is 0 Å². The molecule has 0 aliphatic carbocycles. The topological polar surface area (TPSA) is 64.7 Å². The Morgan fingerprint density at radius 2 is 1.83 bits per heavy atom. The third kappa shape index (κ3) is 3.43. The summed E-state index contributed by atoms with van der Waals surface area (Å²) in [5.74, 6) is -0.344. The number of allylic oxidation sites excluding steroid dienone is 1. The van der Waals surface area contributed by atoms with E-state index >= 15 is 0 Å². The van der Waals surface area contributed by atoms with E-state index in [-0.39, 0.29) is 17.9 Å². The van der Waals surface area contributed by atoms with Crippen molar-refractivity contribution in [1.82, 2.24) is 9.80 Å². The van der Waals surface area contributed by atoms with E-state index in [1.54, 1.807) is 0 Å². The van der Waals surface area contributed by atoms with Gasteiger partial charge in [0.2, 0.25) is 0 Å². The Hall–Kier alpha value is -2.18. The normalized spacial score (nSPS) is 24.5. The molecule has 1 saturated heterocycles. The number of anilines is 2. The maximum Gasteiger partial charge on any atom is 0.255 e. The number of carbonyl (C=O) groups excluding carboxylic acids is 2. The quantitative estimate of drug-likeness (QED) is 0.802. The number of nitrogens with zero attached hydrogens (tertiary/aromatic N) is 2. The highest BCUT2D eigenvalue weighted by Gasteiger charge is 2.32. The summed E-state index contributed by atoms with van der Waals surface area (Å²) in [7, 11) is 2.09. The Morgan fingerprint density at radius 3 is 2.48 bits per heavy atom. The van der Waals surface area contributed by atoms with E-state index in [0.29, 0.717) is 5.57 Å². The number of ketones is 1. The summed E-state index contributed by atoms with van der Waals surface area (Å²) in [6.07, 6.45) is 1.15. The van der Waals surface area contributed by atoms with Crippen molar-refractivity contribution < 1.29 is 9.59 Å². The summed E-state index contributed by atoms with van der Waals surface area (Å²) in [5.41, 5.74) is 2.08. The van der Waals surface area contributed by atoms with Crippen LogP contribution in [0.5, 0.6) is 0 Å². The Kier molecular flexibility index (Phi) is 4.45. The lowest BCUT2D eigenvalue weighted by Crippen LogP contribution is -2.53. The summed E-state index contributed by atoms with van der Waals surface area (Å²) < 4.78 is 0. The number of rotatable bonds is 2. The largest absolute Gasteiger partial charge is 0.364 e. The number of hydrogen-bond donors (Lipinski definition) is 2. The lowest BCUT2D eigenvalue weighted by molar-refractivity contribution is -0.115. The van der Waals surface area contributed by atoms with Crippen molar-refractivity contribution >= 4 is 23.1 Å². The monoisotopic (exact) mass is 314 g/mol. The number of para-hydroxylation sites is 2. The highest BCUT2D eigenvalue weighted by molar-refractivity contribution is 6.11. The number of hydrogen-bond acceptors (Lipinski definition) is 5. The smallest absolute Gasteiger partial charge is 0.255 e. The van der Waals surface area contributed by atoms with Gasteiger partial charge in [0.25, 0.3) is 5.91 Å². The fourth-order valence-corrected chi connectivity index (χ4v) is 2.99. The number of carbonyl (C=O) groups is 2. The van der Waals surface area contributed by atoms with E-state index in [1.165, 1.54) is 13.0 Å². The molecule has 1 aromatic rings. The van der Waals surface area contributed by atoms with Gasteiger partial charge in [-0.1, -0.05) is 12.1 Å². The second-order valence-electron chi connectivity index (χ2n) is 6.10. The molecule has 23 heavy (non-hydrogen) atoms. The SMILES string of the molecule is CC(=O)C=C1C(=O)Nc2ccccc2NC1N1CCN(C)CC1. The number of fused-ring (bicyclic) bond motifs is 1. The molecular weight excluding hydrogens is 292 g/mol. The van der Waals surface area contributed by atoms with Crippen LogP contribution in [0.1, 0.15) is 6.92 Å². The highest BCUT2D eigenvalue weighted by Crippen LogP contribution is 2.29. The van der Waals surface area contributed by atoms with Crippen LogP contribution in [0.25, 0.3) is 0 Å². The van der Waals surface area contributed by atoms with Crippen LogP contribution >= 0.6 is 0 Å². The molecule has 122 valence electrons. The predicted molar refractivity (Wildman–Crippen MR) is 90.3 cm³/mol. The summed E-state index contributed by atoms with van der Waals surface area (Å²) in [6.45, 7) is 5.04. The van der Waals surface area contributed by atoms with Crippen LogP contribution in [0.4, 0.5) is 11.4 Å². The van der Waals surface area contributed by atoms with Crippen LogP contribution in [-0.2, 0) is 9.59 Å². The Balaban J connectivity index is 1.97. The van der Waals surface area contributed by atoms with Crippen LogP contribution in [0.15, 0.2) is 35.9 Å². The molecule has 1 atom stereocenters. The van der Waals surface area contributed by atoms with E-state index in [2.05, 4.69) is 27.5 Å². The molecule has 2 heterocycles. The van der Waals surface area contributed by atoms with Crippen molar-refractivity contribution in [3.8, 4) is 0 Å². The van der Waals surface area contributed by atoms with Gasteiger partial charge in [-0.3, -0.25) is 14.5 Å². The lowest BCUT2D eigenvalue weighted by Gasteiger charge is -2.38. The maximum absolute atomic E-state index is 12.6. The lowest BCUT2D eigenvalue weighted by atomic mass is 10.1. The van der Waals surface area contributed by atoms with Crippen molar-refractivity contribution in [2.45, 2.75) is 13.1 Å². The van der Waals surface area contributed by atoms with Gasteiger partial charge in [-0.2, -0.15) is 0 Å². The average Bonchev–Trinajstić information content (AvgIpc) is 2.65. The molecule has 1 unspecified atom stereocenters. The standard InChI is InChI=1S/C17H22N4O2/c1-12(22)11-13-16(21-9-7-20(2)8-10-21)18-14-5-3-4-6-15(14)19-17(13)23/h3-6,11,16,18H,7-10H2,1-2H3,(H,19,23). The summed E-state index contributed by atoms with van der Waals surface area (Å²) >= 11 is 0. The molecule has 0 radical (unpaired) electrons. The highest BCUT2D eigenvalue weighted by atomic mass is 16.2. The predicted octanol–water partition coefficient (Wildman–Crippen LogP) is 1.14. The van der Waals surface area contributed by atoms with E-state index in [4.69, 9.17) is 0 Å². The molecule has 0 spiro atoms. The maximum atomic E-state index is 12.6. The molecule has 2 aliphatic heterocycles. The molecule has 1 fully saturated rings. The van der Waals surface area contributed by atoms with Gasteiger partial charge < -0.3 is 15.5 Å². The first-order valence-electron chi connectivity index (χ1n) is 7.86. The average molecular weight is 314 g/mol. The minimum absolute atomic E-state index is 0.123. The Morgan fingerprint density at radius 1 is 1.17 bits per heavy atom. The van der Waals surface area contributed by atoms with Gasteiger partial charge in [-0.25, -0.2) is 0 Å². The van der Waals surface area contributed by atoms with Crippen LogP contribution in [0, 0.1) is 0 Å². The minimum atomic E-state index is -0.295. The molecule has 0 bridgehead atoms. The molecule has 6 nitrogen and oxygen atoms in total. The van der Waals surface area contributed by atoms with Crippen molar-refractivity contribution in [2.24, 2.45) is 0 Å². The van der Waals surface area contributed by atoms with E-state index in [1.807, 2.05) is 24.3 Å². The van der Waals surface area contributed by atoms with Gasteiger partial charge in [0.15, 0.2) is 5.78 Å². The van der Waals surface area contributed by atoms with Crippen molar-refractivity contribution in [3.63, 3.8) is 0 Å². The molecule has 3 rings (SSSR count). The third-order valence-corrected chi connectivity index (χ3v) is 4.29. The van der Waals surface area contributed by atoms with E-state index in [9.17, 15) is 9.59 Å². The van der Waals surface area contributed by atoms with Crippen LogP contribution in [0.2, 0.25) is 0 Å². The first kappa shape index (κ1) is 15.7. The van der Waals surface area contributed by atoms with Gasteiger partial charge >= 0.3 is 0 Å². The van der Waals surface area contributed by atoms with Crippen molar-refractivity contribution in [3.05, 3.63) is 35.9 Å². The zero-order chi connectivity index (χ0) is 16.4. The fourth-order valence-electron chi connectivity index (χ4n) is 2.99. The van der Waals surface area contributed by atoms with E-state index in [0.717, 1.165) is 37.6 Å². The number of amides is 1. The molecule has 1 aromatic carbocycles. The summed E-state index contributed by atoms with van der Waals surface area (Å²) in [4.78, 5) is 28.7. The molecule has 1 amide bonds. The minimum Gasteiger partial charge on any atom is -0.364 e. The number of likely N-dealkylation sites (N-methyl/N-ethyl adjacent to an activating group) is 1. The molecule has 6 heteroatoms. The molecular formula is C17H22N4O2. The molecule has 0 aromatic heterocycles. The Bertz CT molecular complexity index is 648. The Labute approximate surface area is 136 Å². The molecule has 2 aliphatic rings. The van der Waals surface area contributed by atoms with E-state index < -0.39 is 0 Å². The third-order valence-electron chi connectivity index (χ3n) is 4.29. The first-order valence-corrected chi connectivity index (χ1v) is 7.86. The van der Waals surface area contributed by atoms with Gasteiger partial charge in [-0.15, -0.1) is 0 Å². The van der Waals surface area contributed by atoms with Crippen LogP contribution in [0.3, 0.4) is 0 Å². The number of nitrogens with one attached hydrogen (secondary N) is 2. The molecule has 2 N–H and O–H groups in total. The summed E-state index contributed by atoms with van der Waals surface area (Å²) in [5, 5.41) is 6.33. The van der Waals surface area contributed by atoms with Crippen molar-refractivity contribution in [2.75, 3.05) is 43.9 Å². The second-order valence-corrected chi connectivity index (χ2v) is 6.10. The molecule has 0 saturated carbocycles. The van der Waals surface area contributed by atoms with Gasteiger partial charge in [-0.05, 0) is 32.2 Å².